The van der Waals surface area contributed by atoms with Gasteiger partial charge in [-0.3, -0.25) is 4.79 Å². The summed E-state index contributed by atoms with van der Waals surface area (Å²) in [5.41, 5.74) is 0. The molecule has 1 unspecified atom stereocenters. The molecule has 0 spiro atoms. The van der Waals surface area contributed by atoms with Crippen LogP contribution in [0.1, 0.15) is 45.4 Å². The van der Waals surface area contributed by atoms with E-state index in [0.717, 1.165) is 38.5 Å². The van der Waals surface area contributed by atoms with Crippen molar-refractivity contribution in [2.75, 3.05) is 19.7 Å². The first kappa shape index (κ1) is 16.7. The second-order valence-electron chi connectivity index (χ2n) is 5.59. The summed E-state index contributed by atoms with van der Waals surface area (Å²) in [5, 5.41) is 6.42. The maximum Gasteiger partial charge on any atom is 0.222 e. The molecule has 1 amide bonds. The molecule has 112 valence electrons. The van der Waals surface area contributed by atoms with E-state index >= 15 is 0 Å². The molecule has 0 bridgehead atoms. The zero-order chi connectivity index (χ0) is 12.8. The Balaban J connectivity index is 0.00000180. The number of ether oxygens (including phenoxy) is 1. The minimum Gasteiger partial charge on any atom is -0.375 e. The van der Waals surface area contributed by atoms with Gasteiger partial charge in [-0.2, -0.15) is 0 Å². The third-order valence-electron chi connectivity index (χ3n) is 4.21. The van der Waals surface area contributed by atoms with Crippen molar-refractivity contribution in [2.24, 2.45) is 5.92 Å². The Labute approximate surface area is 122 Å². The largest absolute Gasteiger partial charge is 0.375 e. The fourth-order valence-corrected chi connectivity index (χ4v) is 2.96. The van der Waals surface area contributed by atoms with Gasteiger partial charge in [-0.05, 0) is 31.6 Å². The summed E-state index contributed by atoms with van der Waals surface area (Å²) in [7, 11) is 0. The first-order chi connectivity index (χ1) is 8.78. The Morgan fingerprint density at radius 3 is 2.63 bits per heavy atom. The third-order valence-corrected chi connectivity index (χ3v) is 4.21. The lowest BCUT2D eigenvalue weighted by Crippen LogP contribution is -2.44. The van der Waals surface area contributed by atoms with Crippen LogP contribution in [0.4, 0.5) is 0 Å². The lowest BCUT2D eigenvalue weighted by molar-refractivity contribution is -0.125. The summed E-state index contributed by atoms with van der Waals surface area (Å²) in [5.74, 6) is 1.03. The average molecular weight is 291 g/mol. The van der Waals surface area contributed by atoms with E-state index in [1.165, 1.54) is 19.3 Å². The maximum atomic E-state index is 11.9. The van der Waals surface area contributed by atoms with Crippen LogP contribution in [0.25, 0.3) is 0 Å². The SMILES string of the molecule is CCC1CCC(NC(=O)CC2CNCCO2)CC1.Cl. The van der Waals surface area contributed by atoms with Crippen molar-refractivity contribution in [1.82, 2.24) is 10.6 Å². The number of hydrogen-bond donors (Lipinski definition) is 2. The molecular weight excluding hydrogens is 264 g/mol. The molecule has 0 aromatic carbocycles. The highest BCUT2D eigenvalue weighted by Crippen LogP contribution is 2.26. The predicted octanol–water partition coefficient (Wildman–Crippen LogP) is 1.87. The van der Waals surface area contributed by atoms with Gasteiger partial charge < -0.3 is 15.4 Å². The zero-order valence-corrected chi connectivity index (χ0v) is 12.6. The molecule has 2 rings (SSSR count). The van der Waals surface area contributed by atoms with Crippen molar-refractivity contribution < 1.29 is 9.53 Å². The Morgan fingerprint density at radius 2 is 2.05 bits per heavy atom. The molecule has 19 heavy (non-hydrogen) atoms. The van der Waals surface area contributed by atoms with Gasteiger partial charge in [-0.25, -0.2) is 0 Å². The van der Waals surface area contributed by atoms with Crippen LogP contribution in [0.5, 0.6) is 0 Å². The van der Waals surface area contributed by atoms with Gasteiger partial charge >= 0.3 is 0 Å². The number of hydrogen-bond acceptors (Lipinski definition) is 3. The summed E-state index contributed by atoms with van der Waals surface area (Å²) in [6, 6.07) is 0.400. The number of amides is 1. The minimum absolute atomic E-state index is 0. The van der Waals surface area contributed by atoms with Crippen molar-refractivity contribution in [1.29, 1.82) is 0 Å². The number of rotatable bonds is 4. The van der Waals surface area contributed by atoms with Crippen molar-refractivity contribution in [3.05, 3.63) is 0 Å². The fraction of sp³-hybridized carbons (Fsp3) is 0.929. The highest BCUT2D eigenvalue weighted by molar-refractivity contribution is 5.85. The van der Waals surface area contributed by atoms with Crippen molar-refractivity contribution in [3.63, 3.8) is 0 Å². The Bertz CT molecular complexity index is 262. The molecule has 4 nitrogen and oxygen atoms in total. The number of morpholine rings is 1. The molecule has 0 aromatic rings. The highest BCUT2D eigenvalue weighted by atomic mass is 35.5. The fourth-order valence-electron chi connectivity index (χ4n) is 2.96. The topological polar surface area (TPSA) is 50.4 Å². The molecule has 0 radical (unpaired) electrons. The van der Waals surface area contributed by atoms with Crippen LogP contribution in [-0.4, -0.2) is 37.7 Å². The molecule has 5 heteroatoms. The molecule has 1 atom stereocenters. The van der Waals surface area contributed by atoms with E-state index in [0.29, 0.717) is 12.5 Å². The summed E-state index contributed by atoms with van der Waals surface area (Å²) >= 11 is 0. The van der Waals surface area contributed by atoms with Gasteiger partial charge in [0.15, 0.2) is 0 Å². The van der Waals surface area contributed by atoms with Gasteiger partial charge in [-0.15, -0.1) is 12.4 Å². The van der Waals surface area contributed by atoms with Crippen LogP contribution in [0.15, 0.2) is 0 Å². The van der Waals surface area contributed by atoms with Gasteiger partial charge in [-0.1, -0.05) is 13.3 Å². The highest BCUT2D eigenvalue weighted by Gasteiger charge is 2.23. The smallest absolute Gasteiger partial charge is 0.222 e. The molecule has 1 saturated heterocycles. The van der Waals surface area contributed by atoms with E-state index in [9.17, 15) is 4.79 Å². The van der Waals surface area contributed by atoms with E-state index in [-0.39, 0.29) is 24.4 Å². The van der Waals surface area contributed by atoms with E-state index in [1.54, 1.807) is 0 Å². The van der Waals surface area contributed by atoms with Crippen LogP contribution >= 0.6 is 12.4 Å². The standard InChI is InChI=1S/C14H26N2O2.ClH/c1-2-11-3-5-12(6-4-11)16-14(17)9-13-10-15-7-8-18-13;/h11-13,15H,2-10H2,1H3,(H,16,17);1H. The normalized spacial score (nSPS) is 31.3. The summed E-state index contributed by atoms with van der Waals surface area (Å²) in [4.78, 5) is 11.9. The number of halogens is 1. The quantitative estimate of drug-likeness (QED) is 0.831. The van der Waals surface area contributed by atoms with Crippen LogP contribution < -0.4 is 10.6 Å². The minimum atomic E-state index is 0. The molecule has 1 heterocycles. The second kappa shape index (κ2) is 8.77. The Kier molecular flexibility index (Phi) is 7.73. The summed E-state index contributed by atoms with van der Waals surface area (Å²) in [6.45, 7) is 4.69. The molecule has 1 saturated carbocycles. The van der Waals surface area contributed by atoms with Crippen LogP contribution in [-0.2, 0) is 9.53 Å². The number of carbonyl (C=O) groups is 1. The lowest BCUT2D eigenvalue weighted by atomic mass is 9.84. The first-order valence-electron chi connectivity index (χ1n) is 7.39. The number of nitrogens with one attached hydrogen (secondary N) is 2. The van der Waals surface area contributed by atoms with E-state index in [4.69, 9.17) is 4.74 Å². The third kappa shape index (κ3) is 5.67. The van der Waals surface area contributed by atoms with Gasteiger partial charge in [0.25, 0.3) is 0 Å². The van der Waals surface area contributed by atoms with Crippen LogP contribution in [0.2, 0.25) is 0 Å². The molecule has 2 fully saturated rings. The Hall–Kier alpha value is -0.320. The lowest BCUT2D eigenvalue weighted by Gasteiger charge is -2.29. The van der Waals surface area contributed by atoms with E-state index < -0.39 is 0 Å². The molecular formula is C14H27ClN2O2. The summed E-state index contributed by atoms with van der Waals surface area (Å²) in [6.07, 6.45) is 6.67. The van der Waals surface area contributed by atoms with Crippen molar-refractivity contribution >= 4 is 18.3 Å². The predicted molar refractivity (Wildman–Crippen MR) is 78.7 cm³/mol. The van der Waals surface area contributed by atoms with Gasteiger partial charge in [0.2, 0.25) is 5.91 Å². The zero-order valence-electron chi connectivity index (χ0n) is 11.8. The van der Waals surface area contributed by atoms with Crippen LogP contribution in [0, 0.1) is 5.92 Å². The monoisotopic (exact) mass is 290 g/mol. The average Bonchev–Trinajstić information content (AvgIpc) is 2.40. The van der Waals surface area contributed by atoms with Crippen molar-refractivity contribution in [3.8, 4) is 0 Å². The van der Waals surface area contributed by atoms with Gasteiger partial charge in [0, 0.05) is 19.1 Å². The molecule has 0 aromatic heterocycles. The van der Waals surface area contributed by atoms with Gasteiger partial charge in [0.1, 0.15) is 0 Å². The first-order valence-corrected chi connectivity index (χ1v) is 7.39. The van der Waals surface area contributed by atoms with E-state index in [1.807, 2.05) is 0 Å². The molecule has 2 N–H and O–H groups in total. The maximum absolute atomic E-state index is 11.9. The Morgan fingerprint density at radius 1 is 1.32 bits per heavy atom. The molecule has 1 aliphatic heterocycles. The van der Waals surface area contributed by atoms with Crippen LogP contribution in [0.3, 0.4) is 0 Å². The van der Waals surface area contributed by atoms with Gasteiger partial charge in [0.05, 0.1) is 19.1 Å². The molecule has 1 aliphatic carbocycles. The summed E-state index contributed by atoms with van der Waals surface area (Å²) < 4.78 is 5.55. The van der Waals surface area contributed by atoms with Crippen molar-refractivity contribution in [2.45, 2.75) is 57.6 Å². The number of carbonyl (C=O) groups excluding carboxylic acids is 1. The second-order valence-corrected chi connectivity index (χ2v) is 5.59. The van der Waals surface area contributed by atoms with E-state index in [2.05, 4.69) is 17.6 Å². The molecule has 2 aliphatic rings.